The van der Waals surface area contributed by atoms with Gasteiger partial charge >= 0.3 is 5.97 Å². The number of nitrogens with zero attached hydrogens (tertiary/aromatic N) is 2. The van der Waals surface area contributed by atoms with Crippen molar-refractivity contribution >= 4 is 21.9 Å². The molecular formula is C10H13BrN2O2. The Morgan fingerprint density at radius 3 is 3.07 bits per heavy atom. The molecule has 1 atom stereocenters. The van der Waals surface area contributed by atoms with Gasteiger partial charge in [0.2, 0.25) is 0 Å². The van der Waals surface area contributed by atoms with Crippen molar-refractivity contribution < 1.29 is 9.53 Å². The molecule has 5 heteroatoms. The van der Waals surface area contributed by atoms with Gasteiger partial charge in [-0.25, -0.2) is 4.98 Å². The summed E-state index contributed by atoms with van der Waals surface area (Å²) < 4.78 is 7.78. The van der Waals surface area contributed by atoms with E-state index in [0.29, 0.717) is 6.42 Å². The Hall–Kier alpha value is -0.840. The van der Waals surface area contributed by atoms with E-state index in [-0.39, 0.29) is 11.9 Å². The van der Waals surface area contributed by atoms with Crippen LogP contribution in [-0.2, 0) is 22.5 Å². The van der Waals surface area contributed by atoms with Crippen molar-refractivity contribution in [3.63, 3.8) is 0 Å². The number of methoxy groups -OCH3 is 1. The lowest BCUT2D eigenvalue weighted by atomic mass is 9.96. The van der Waals surface area contributed by atoms with E-state index in [2.05, 4.69) is 25.5 Å². The Morgan fingerprint density at radius 1 is 1.67 bits per heavy atom. The van der Waals surface area contributed by atoms with Crippen LogP contribution in [0.5, 0.6) is 0 Å². The van der Waals surface area contributed by atoms with Crippen LogP contribution in [-0.4, -0.2) is 22.6 Å². The highest BCUT2D eigenvalue weighted by Gasteiger charge is 2.28. The van der Waals surface area contributed by atoms with E-state index in [0.717, 1.165) is 29.1 Å². The number of carbonyl (C=O) groups is 1. The largest absolute Gasteiger partial charge is 0.469 e. The van der Waals surface area contributed by atoms with Crippen molar-refractivity contribution in [3.8, 4) is 0 Å². The second kappa shape index (κ2) is 3.96. The van der Waals surface area contributed by atoms with Crippen LogP contribution in [0.2, 0.25) is 0 Å². The fraction of sp³-hybridized carbons (Fsp3) is 0.600. The molecule has 1 unspecified atom stereocenters. The second-order valence-electron chi connectivity index (χ2n) is 3.76. The number of hydrogen-bond donors (Lipinski definition) is 0. The fourth-order valence-electron chi connectivity index (χ4n) is 2.05. The number of halogens is 1. The zero-order chi connectivity index (χ0) is 11.0. The summed E-state index contributed by atoms with van der Waals surface area (Å²) >= 11 is 3.42. The van der Waals surface area contributed by atoms with Gasteiger partial charge in [0.05, 0.1) is 18.7 Å². The summed E-state index contributed by atoms with van der Waals surface area (Å²) in [4.78, 5) is 15.8. The first-order chi connectivity index (χ1) is 7.13. The molecule has 0 spiro atoms. The van der Waals surface area contributed by atoms with Crippen LogP contribution in [0.4, 0.5) is 0 Å². The van der Waals surface area contributed by atoms with E-state index < -0.39 is 0 Å². The third-order valence-electron chi connectivity index (χ3n) is 2.89. The molecule has 15 heavy (non-hydrogen) atoms. The molecule has 0 radical (unpaired) electrons. The number of fused-ring (bicyclic) bond motifs is 1. The minimum Gasteiger partial charge on any atom is -0.469 e. The summed E-state index contributed by atoms with van der Waals surface area (Å²) in [5.74, 6) is 0.863. The fourth-order valence-corrected chi connectivity index (χ4v) is 2.69. The van der Waals surface area contributed by atoms with E-state index in [4.69, 9.17) is 4.74 Å². The molecule has 0 aliphatic carbocycles. The van der Waals surface area contributed by atoms with Crippen LogP contribution in [0.3, 0.4) is 0 Å². The molecule has 2 rings (SSSR count). The summed E-state index contributed by atoms with van der Waals surface area (Å²) in [7, 11) is 1.44. The maximum atomic E-state index is 11.4. The standard InChI is InChI=1S/C10H13BrN2O2/c1-6-12-9(11)8-5-7(10(14)15-2)3-4-13(6)8/h7H,3-5H2,1-2H3. The predicted molar refractivity (Wildman–Crippen MR) is 58.5 cm³/mol. The van der Waals surface area contributed by atoms with Gasteiger partial charge in [0, 0.05) is 13.0 Å². The molecular weight excluding hydrogens is 260 g/mol. The Labute approximate surface area is 96.8 Å². The first-order valence-electron chi connectivity index (χ1n) is 4.92. The summed E-state index contributed by atoms with van der Waals surface area (Å²) in [5.41, 5.74) is 1.11. The lowest BCUT2D eigenvalue weighted by molar-refractivity contribution is -0.146. The van der Waals surface area contributed by atoms with E-state index in [9.17, 15) is 4.79 Å². The van der Waals surface area contributed by atoms with Crippen LogP contribution in [0, 0.1) is 12.8 Å². The maximum Gasteiger partial charge on any atom is 0.309 e. The summed E-state index contributed by atoms with van der Waals surface area (Å²) in [6.45, 7) is 2.83. The lowest BCUT2D eigenvalue weighted by Crippen LogP contribution is -2.27. The number of aryl methyl sites for hydroxylation is 1. The Balaban J connectivity index is 2.26. The van der Waals surface area contributed by atoms with Crippen molar-refractivity contribution in [1.29, 1.82) is 0 Å². The minimum atomic E-state index is -0.119. The molecule has 0 aromatic carbocycles. The van der Waals surface area contributed by atoms with Crippen molar-refractivity contribution in [2.24, 2.45) is 5.92 Å². The number of carbonyl (C=O) groups excluding carboxylic acids is 1. The summed E-state index contributed by atoms with van der Waals surface area (Å²) in [6.07, 6.45) is 1.55. The number of hydrogen-bond acceptors (Lipinski definition) is 3. The highest BCUT2D eigenvalue weighted by Crippen LogP contribution is 2.28. The molecule has 0 saturated carbocycles. The van der Waals surface area contributed by atoms with Crippen LogP contribution in [0.1, 0.15) is 17.9 Å². The Bertz CT molecular complexity index is 400. The molecule has 4 nitrogen and oxygen atoms in total. The molecule has 82 valence electrons. The topological polar surface area (TPSA) is 44.1 Å². The first-order valence-corrected chi connectivity index (χ1v) is 5.72. The predicted octanol–water partition coefficient (Wildman–Crippen LogP) is 1.69. The van der Waals surface area contributed by atoms with Gasteiger partial charge in [0.25, 0.3) is 0 Å². The van der Waals surface area contributed by atoms with Crippen molar-refractivity contribution in [2.45, 2.75) is 26.3 Å². The smallest absolute Gasteiger partial charge is 0.309 e. The molecule has 0 bridgehead atoms. The molecule has 1 aliphatic heterocycles. The monoisotopic (exact) mass is 272 g/mol. The summed E-state index contributed by atoms with van der Waals surface area (Å²) in [5, 5.41) is 0. The number of aromatic nitrogens is 2. The van der Waals surface area contributed by atoms with Gasteiger partial charge < -0.3 is 9.30 Å². The number of rotatable bonds is 1. The van der Waals surface area contributed by atoms with Crippen molar-refractivity contribution in [2.75, 3.05) is 7.11 Å². The average molecular weight is 273 g/mol. The molecule has 1 aromatic rings. The Morgan fingerprint density at radius 2 is 2.40 bits per heavy atom. The van der Waals surface area contributed by atoms with Crippen LogP contribution >= 0.6 is 15.9 Å². The highest BCUT2D eigenvalue weighted by atomic mass is 79.9. The van der Waals surface area contributed by atoms with Gasteiger partial charge in [0.15, 0.2) is 0 Å². The van der Waals surface area contributed by atoms with Crippen molar-refractivity contribution in [1.82, 2.24) is 9.55 Å². The number of ether oxygens (including phenoxy) is 1. The molecule has 0 fully saturated rings. The van der Waals surface area contributed by atoms with Crippen LogP contribution in [0.15, 0.2) is 4.60 Å². The molecule has 2 heterocycles. The van der Waals surface area contributed by atoms with Crippen LogP contribution in [0.25, 0.3) is 0 Å². The van der Waals surface area contributed by atoms with Gasteiger partial charge in [-0.05, 0) is 29.3 Å². The quantitative estimate of drug-likeness (QED) is 0.731. The van der Waals surface area contributed by atoms with Gasteiger partial charge in [-0.1, -0.05) is 0 Å². The van der Waals surface area contributed by atoms with E-state index in [1.807, 2.05) is 6.92 Å². The Kier molecular flexibility index (Phi) is 2.82. The van der Waals surface area contributed by atoms with E-state index in [1.165, 1.54) is 7.11 Å². The van der Waals surface area contributed by atoms with Crippen LogP contribution < -0.4 is 0 Å². The molecule has 0 saturated heterocycles. The highest BCUT2D eigenvalue weighted by molar-refractivity contribution is 9.10. The molecule has 1 aromatic heterocycles. The van der Waals surface area contributed by atoms with Gasteiger partial charge in [-0.2, -0.15) is 0 Å². The second-order valence-corrected chi connectivity index (χ2v) is 4.51. The molecule has 0 N–H and O–H groups in total. The SMILES string of the molecule is COC(=O)C1CCn2c(C)nc(Br)c2C1. The normalized spacial score (nSPS) is 19.8. The maximum absolute atomic E-state index is 11.4. The van der Waals surface area contributed by atoms with Gasteiger partial charge in [0.1, 0.15) is 10.4 Å². The third kappa shape index (κ3) is 1.80. The molecule has 1 aliphatic rings. The minimum absolute atomic E-state index is 0.0186. The summed E-state index contributed by atoms with van der Waals surface area (Å²) in [6, 6.07) is 0. The first kappa shape index (κ1) is 10.7. The zero-order valence-electron chi connectivity index (χ0n) is 8.79. The number of imidazole rings is 1. The third-order valence-corrected chi connectivity index (χ3v) is 3.52. The van der Waals surface area contributed by atoms with Gasteiger partial charge in [-0.15, -0.1) is 0 Å². The number of esters is 1. The molecule has 0 amide bonds. The lowest BCUT2D eigenvalue weighted by Gasteiger charge is -2.22. The zero-order valence-corrected chi connectivity index (χ0v) is 10.4. The van der Waals surface area contributed by atoms with E-state index in [1.54, 1.807) is 0 Å². The van der Waals surface area contributed by atoms with Gasteiger partial charge in [-0.3, -0.25) is 4.79 Å². The van der Waals surface area contributed by atoms with E-state index >= 15 is 0 Å². The van der Waals surface area contributed by atoms with Crippen molar-refractivity contribution in [3.05, 3.63) is 16.1 Å². The average Bonchev–Trinajstić information content (AvgIpc) is 2.53.